The minimum absolute atomic E-state index is 0.000178. The molecule has 0 saturated carbocycles. The lowest BCUT2D eigenvalue weighted by atomic mass is 9.57. The molecular weight excluding hydrogens is 739 g/mol. The van der Waals surface area contributed by atoms with E-state index >= 15 is 0 Å². The first-order valence-corrected chi connectivity index (χ1v) is 22.1. The average Bonchev–Trinajstić information content (AvgIpc) is 3.69. The molecule has 61 heavy (non-hydrogen) atoms. The summed E-state index contributed by atoms with van der Waals surface area (Å²) in [7, 11) is 0.770. The summed E-state index contributed by atoms with van der Waals surface area (Å²) in [5, 5.41) is 6.25. The predicted octanol–water partition coefficient (Wildman–Crippen LogP) is 14.4. The Morgan fingerprint density at radius 3 is 1.85 bits per heavy atom. The van der Waals surface area contributed by atoms with Crippen molar-refractivity contribution in [2.75, 3.05) is 10.2 Å². The van der Waals surface area contributed by atoms with Gasteiger partial charge >= 0.3 is 0 Å². The zero-order chi connectivity index (χ0) is 42.8. The second-order valence-corrected chi connectivity index (χ2v) is 21.2. The highest BCUT2D eigenvalue weighted by molar-refractivity contribution is 6.73. The van der Waals surface area contributed by atoms with Crippen molar-refractivity contribution in [1.82, 2.24) is 0 Å². The van der Waals surface area contributed by atoms with E-state index in [9.17, 15) is 0 Å². The van der Waals surface area contributed by atoms with Crippen molar-refractivity contribution in [3.8, 4) is 22.3 Å². The minimum Gasteiger partial charge on any atom is -0.455 e. The summed E-state index contributed by atoms with van der Waals surface area (Å²) >= 11 is 0. The lowest BCUT2D eigenvalue weighted by Crippen LogP contribution is -2.41. The molecule has 3 nitrogen and oxygen atoms in total. The standard InChI is InChI=1S/C57H57BN2O/c1-54(2,3)34-20-25-37(26-21-34)59-47-33-45-41(39-16-12-14-18-44(39)57(45,10)11)31-43(47)51-52-49(32-42-40-17-13-15-19-50(40)61-53(42)51)60(38-27-22-35(23-28-38)55(4,5)6)48-29-24-36(56(7,8)9)30-46(48)58-52/h12-33,58-59H,1-11H3. The minimum atomic E-state index is -0.167. The van der Waals surface area contributed by atoms with Gasteiger partial charge in [-0.2, -0.15) is 0 Å². The first-order chi connectivity index (χ1) is 28.9. The normalized spacial score (nSPS) is 14.4. The molecule has 4 heteroatoms. The van der Waals surface area contributed by atoms with Crippen LogP contribution in [0.5, 0.6) is 0 Å². The number of para-hydroxylation sites is 1. The highest BCUT2D eigenvalue weighted by atomic mass is 16.3. The number of nitrogens with one attached hydrogen (secondary N) is 1. The molecule has 1 aromatic heterocycles. The Morgan fingerprint density at radius 2 is 1.16 bits per heavy atom. The van der Waals surface area contributed by atoms with Crippen LogP contribution in [0.1, 0.15) is 104 Å². The van der Waals surface area contributed by atoms with Crippen LogP contribution in [0.3, 0.4) is 0 Å². The number of fused-ring (bicyclic) bond motifs is 8. The number of furan rings is 1. The lowest BCUT2D eigenvalue weighted by Gasteiger charge is -2.36. The third kappa shape index (κ3) is 6.41. The molecule has 0 atom stereocenters. The predicted molar refractivity (Wildman–Crippen MR) is 264 cm³/mol. The maximum absolute atomic E-state index is 7.11. The molecule has 2 heterocycles. The summed E-state index contributed by atoms with van der Waals surface area (Å²) in [6, 6.07) is 50.2. The zero-order valence-corrected chi connectivity index (χ0v) is 37.8. The van der Waals surface area contributed by atoms with Gasteiger partial charge in [0.05, 0.1) is 0 Å². The van der Waals surface area contributed by atoms with Crippen molar-refractivity contribution in [2.24, 2.45) is 0 Å². The molecule has 1 aliphatic heterocycles. The van der Waals surface area contributed by atoms with E-state index in [-0.39, 0.29) is 21.7 Å². The Bertz CT molecular complexity index is 3040. The number of benzene rings is 7. The molecular formula is C57H57BN2O. The molecule has 2 aliphatic rings. The first kappa shape index (κ1) is 39.2. The molecule has 0 fully saturated rings. The molecule has 0 unspecified atom stereocenters. The molecule has 1 N–H and O–H groups in total. The van der Waals surface area contributed by atoms with Gasteiger partial charge in [0.15, 0.2) is 7.28 Å². The summed E-state index contributed by atoms with van der Waals surface area (Å²) in [4.78, 5) is 2.52. The van der Waals surface area contributed by atoms with Gasteiger partial charge in [0, 0.05) is 55.8 Å². The van der Waals surface area contributed by atoms with E-state index in [1.54, 1.807) is 0 Å². The largest absolute Gasteiger partial charge is 0.455 e. The fourth-order valence-electron chi connectivity index (χ4n) is 9.93. The second-order valence-electron chi connectivity index (χ2n) is 21.2. The summed E-state index contributed by atoms with van der Waals surface area (Å²) in [5.41, 5.74) is 21.6. The van der Waals surface area contributed by atoms with E-state index in [4.69, 9.17) is 4.42 Å². The topological polar surface area (TPSA) is 28.4 Å². The number of hydrogen-bond donors (Lipinski definition) is 1. The highest BCUT2D eigenvalue weighted by Crippen LogP contribution is 2.53. The number of anilines is 5. The van der Waals surface area contributed by atoms with Crippen LogP contribution in [-0.2, 0) is 21.7 Å². The summed E-state index contributed by atoms with van der Waals surface area (Å²) < 4.78 is 7.11. The molecule has 8 aromatic rings. The Kier molecular flexibility index (Phi) is 8.67. The zero-order valence-electron chi connectivity index (χ0n) is 37.8. The van der Waals surface area contributed by atoms with Gasteiger partial charge in [-0.05, 0) is 115 Å². The maximum atomic E-state index is 7.11. The lowest BCUT2D eigenvalue weighted by molar-refractivity contribution is 0.590. The SMILES string of the molecule is CC(C)(C)c1ccc(Nc2cc3c(cc2-c2c4c(cc5c2oc2ccccc25)N(c2ccc(C(C)(C)C)cc2)c2ccc(C(C)(C)C)cc2B4)-c2ccccc2C3(C)C)cc1. The van der Waals surface area contributed by atoms with Crippen LogP contribution in [0.15, 0.2) is 138 Å². The van der Waals surface area contributed by atoms with Gasteiger partial charge in [0.1, 0.15) is 11.2 Å². The van der Waals surface area contributed by atoms with Crippen LogP contribution >= 0.6 is 0 Å². The van der Waals surface area contributed by atoms with Crippen LogP contribution < -0.4 is 21.1 Å². The Labute approximate surface area is 363 Å². The van der Waals surface area contributed by atoms with Gasteiger partial charge in [0.2, 0.25) is 0 Å². The summed E-state index contributed by atoms with van der Waals surface area (Å²) in [5.74, 6) is 0. The number of nitrogens with zero attached hydrogens (tertiary/aromatic N) is 1. The Balaban J connectivity index is 1.30. The van der Waals surface area contributed by atoms with E-state index in [1.165, 1.54) is 61.2 Å². The van der Waals surface area contributed by atoms with Gasteiger partial charge in [-0.1, -0.05) is 160 Å². The van der Waals surface area contributed by atoms with Gasteiger partial charge in [-0.15, -0.1) is 0 Å². The number of hydrogen-bond acceptors (Lipinski definition) is 3. The van der Waals surface area contributed by atoms with Gasteiger partial charge < -0.3 is 14.6 Å². The van der Waals surface area contributed by atoms with Gasteiger partial charge in [-0.3, -0.25) is 0 Å². The van der Waals surface area contributed by atoms with Crippen molar-refractivity contribution in [2.45, 2.75) is 97.8 Å². The quantitative estimate of drug-likeness (QED) is 0.180. The molecule has 10 rings (SSSR count). The highest BCUT2D eigenvalue weighted by Gasteiger charge is 2.38. The van der Waals surface area contributed by atoms with Crippen LogP contribution in [0.4, 0.5) is 28.4 Å². The van der Waals surface area contributed by atoms with Crippen molar-refractivity contribution >= 4 is 68.6 Å². The monoisotopic (exact) mass is 796 g/mol. The molecule has 0 spiro atoms. The Morgan fingerprint density at radius 1 is 0.541 bits per heavy atom. The van der Waals surface area contributed by atoms with Crippen LogP contribution in [0, 0.1) is 0 Å². The summed E-state index contributed by atoms with van der Waals surface area (Å²) in [6.07, 6.45) is 0. The van der Waals surface area contributed by atoms with Crippen LogP contribution in [0.2, 0.25) is 0 Å². The van der Waals surface area contributed by atoms with Crippen molar-refractivity contribution in [3.05, 3.63) is 161 Å². The van der Waals surface area contributed by atoms with Crippen molar-refractivity contribution < 1.29 is 4.42 Å². The third-order valence-corrected chi connectivity index (χ3v) is 13.6. The average molecular weight is 797 g/mol. The molecule has 1 aliphatic carbocycles. The van der Waals surface area contributed by atoms with E-state index < -0.39 is 0 Å². The summed E-state index contributed by atoms with van der Waals surface area (Å²) in [6.45, 7) is 25.4. The fraction of sp³-hybridized carbons (Fsp3) is 0.263. The van der Waals surface area contributed by atoms with Crippen molar-refractivity contribution in [1.29, 1.82) is 0 Å². The number of rotatable bonds is 4. The third-order valence-electron chi connectivity index (χ3n) is 13.6. The second kappa shape index (κ2) is 13.5. The maximum Gasteiger partial charge on any atom is 0.198 e. The molecule has 304 valence electrons. The smallest absolute Gasteiger partial charge is 0.198 e. The van der Waals surface area contributed by atoms with E-state index in [0.717, 1.165) is 57.4 Å². The van der Waals surface area contributed by atoms with Crippen molar-refractivity contribution in [3.63, 3.8) is 0 Å². The van der Waals surface area contributed by atoms with Gasteiger partial charge in [-0.25, -0.2) is 0 Å². The fourth-order valence-corrected chi connectivity index (χ4v) is 9.93. The van der Waals surface area contributed by atoms with E-state index in [2.05, 4.69) is 220 Å². The van der Waals surface area contributed by atoms with Crippen LogP contribution in [0.25, 0.3) is 44.2 Å². The molecule has 0 bridgehead atoms. The van der Waals surface area contributed by atoms with E-state index in [1.807, 2.05) is 0 Å². The molecule has 0 radical (unpaired) electrons. The first-order valence-electron chi connectivity index (χ1n) is 22.1. The molecule has 0 amide bonds. The molecule has 0 saturated heterocycles. The molecule has 7 aromatic carbocycles. The van der Waals surface area contributed by atoms with Crippen LogP contribution in [-0.4, -0.2) is 7.28 Å². The van der Waals surface area contributed by atoms with E-state index in [0.29, 0.717) is 0 Å². The van der Waals surface area contributed by atoms with Gasteiger partial charge in [0.25, 0.3) is 0 Å². The Hall–Kier alpha value is -6.00.